The molecule has 2 fully saturated rings. The Balaban J connectivity index is 1.12. The van der Waals surface area contributed by atoms with Gasteiger partial charge in [-0.15, -0.1) is 0 Å². The fourth-order valence-electron chi connectivity index (χ4n) is 5.03. The van der Waals surface area contributed by atoms with Gasteiger partial charge in [-0.2, -0.15) is 0 Å². The molecule has 1 saturated carbocycles. The molecule has 36 heavy (non-hydrogen) atoms. The first kappa shape index (κ1) is 22.7. The number of nitrogens with one attached hydrogen (secondary N) is 3. The molecule has 4 aromatic rings. The lowest BCUT2D eigenvalue weighted by Gasteiger charge is -2.32. The van der Waals surface area contributed by atoms with Gasteiger partial charge in [-0.05, 0) is 61.6 Å². The van der Waals surface area contributed by atoms with Gasteiger partial charge in [0.15, 0.2) is 5.82 Å². The predicted octanol–water partition coefficient (Wildman–Crippen LogP) is 4.60. The van der Waals surface area contributed by atoms with Crippen molar-refractivity contribution in [3.63, 3.8) is 0 Å². The molecule has 6 rings (SSSR count). The number of carbonyl (C=O) groups is 2. The molecule has 2 aromatic heterocycles. The Bertz CT molecular complexity index is 1450. The molecular weight excluding hydrogens is 457 g/mol. The molecule has 2 amide bonds. The van der Waals surface area contributed by atoms with Crippen molar-refractivity contribution in [2.24, 2.45) is 5.92 Å². The number of nitrogens with zero attached hydrogens (tertiary/aromatic N) is 2. The van der Waals surface area contributed by atoms with Crippen LogP contribution < -0.4 is 10.6 Å². The Morgan fingerprint density at radius 2 is 1.86 bits per heavy atom. The van der Waals surface area contributed by atoms with E-state index in [-0.39, 0.29) is 29.6 Å². The Morgan fingerprint density at radius 3 is 2.64 bits per heavy atom. The third-order valence-electron chi connectivity index (χ3n) is 7.19. The van der Waals surface area contributed by atoms with Gasteiger partial charge in [0.1, 0.15) is 5.82 Å². The number of H-pyrrole nitrogens is 1. The summed E-state index contributed by atoms with van der Waals surface area (Å²) in [6, 6.07) is 14.4. The average Bonchev–Trinajstić information content (AvgIpc) is 3.66. The molecule has 3 N–H and O–H groups in total. The summed E-state index contributed by atoms with van der Waals surface area (Å²) in [5, 5.41) is 8.06. The van der Waals surface area contributed by atoms with E-state index in [0.717, 1.165) is 66.1 Å². The maximum atomic E-state index is 13.5. The van der Waals surface area contributed by atoms with Gasteiger partial charge >= 0.3 is 0 Å². The Hall–Kier alpha value is -3.78. The molecule has 1 saturated heterocycles. The van der Waals surface area contributed by atoms with E-state index >= 15 is 0 Å². The fraction of sp³-hybridized carbons (Fsp3) is 0.321. The first-order chi connectivity index (χ1) is 17.5. The molecule has 1 aliphatic carbocycles. The van der Waals surface area contributed by atoms with Gasteiger partial charge in [0.25, 0.3) is 5.91 Å². The first-order valence-corrected chi connectivity index (χ1v) is 12.5. The maximum absolute atomic E-state index is 13.5. The summed E-state index contributed by atoms with van der Waals surface area (Å²) in [5.41, 5.74) is 3.16. The van der Waals surface area contributed by atoms with Crippen molar-refractivity contribution in [1.29, 1.82) is 0 Å². The lowest BCUT2D eigenvalue weighted by atomic mass is 10.0. The van der Waals surface area contributed by atoms with E-state index in [0.29, 0.717) is 17.9 Å². The van der Waals surface area contributed by atoms with Crippen LogP contribution in [0.25, 0.3) is 21.8 Å². The number of aromatic nitrogens is 2. The zero-order valence-electron chi connectivity index (χ0n) is 19.9. The molecule has 2 aromatic carbocycles. The number of anilines is 1. The summed E-state index contributed by atoms with van der Waals surface area (Å²) >= 11 is 0. The first-order valence-electron chi connectivity index (χ1n) is 12.5. The Morgan fingerprint density at radius 1 is 1.03 bits per heavy atom. The summed E-state index contributed by atoms with van der Waals surface area (Å²) in [7, 11) is 0. The molecule has 1 aliphatic heterocycles. The van der Waals surface area contributed by atoms with Crippen LogP contribution >= 0.6 is 0 Å². The Kier molecular flexibility index (Phi) is 5.89. The fourth-order valence-corrected chi connectivity index (χ4v) is 5.03. The monoisotopic (exact) mass is 485 g/mol. The van der Waals surface area contributed by atoms with E-state index in [9.17, 15) is 14.0 Å². The highest BCUT2D eigenvalue weighted by atomic mass is 19.1. The SMILES string of the molecule is O=C(NC1CCN(Cc2cccc(F)c2)CC1)c1ccc2c(c1)[nH]c1c(NC(=O)C3CC3)nccc12. The third kappa shape index (κ3) is 4.68. The molecule has 2 aliphatic rings. The zero-order valence-corrected chi connectivity index (χ0v) is 19.9. The molecular formula is C28H28FN5O2. The van der Waals surface area contributed by atoms with Gasteiger partial charge in [0, 0.05) is 59.6 Å². The molecule has 184 valence electrons. The van der Waals surface area contributed by atoms with Crippen LogP contribution in [0.4, 0.5) is 10.2 Å². The summed E-state index contributed by atoms with van der Waals surface area (Å²) in [6.07, 6.45) is 5.26. The van der Waals surface area contributed by atoms with Crippen molar-refractivity contribution in [2.45, 2.75) is 38.3 Å². The maximum Gasteiger partial charge on any atom is 0.251 e. The van der Waals surface area contributed by atoms with E-state index in [1.54, 1.807) is 18.3 Å². The number of piperidine rings is 1. The summed E-state index contributed by atoms with van der Waals surface area (Å²) in [4.78, 5) is 35.3. The second-order valence-electron chi connectivity index (χ2n) is 9.88. The molecule has 0 atom stereocenters. The van der Waals surface area contributed by atoms with Crippen LogP contribution in [-0.2, 0) is 11.3 Å². The van der Waals surface area contributed by atoms with Crippen molar-refractivity contribution < 1.29 is 14.0 Å². The number of likely N-dealkylation sites (tertiary alicyclic amines) is 1. The van der Waals surface area contributed by atoms with Crippen LogP contribution in [0.15, 0.2) is 54.7 Å². The van der Waals surface area contributed by atoms with Gasteiger partial charge in [0.2, 0.25) is 5.91 Å². The second-order valence-corrected chi connectivity index (χ2v) is 9.88. The summed E-state index contributed by atoms with van der Waals surface area (Å²) < 4.78 is 13.5. The van der Waals surface area contributed by atoms with Gasteiger partial charge in [-0.3, -0.25) is 14.5 Å². The van der Waals surface area contributed by atoms with E-state index in [4.69, 9.17) is 0 Å². The van der Waals surface area contributed by atoms with Crippen LogP contribution in [0, 0.1) is 11.7 Å². The van der Waals surface area contributed by atoms with Crippen LogP contribution in [-0.4, -0.2) is 45.8 Å². The van der Waals surface area contributed by atoms with Crippen LogP contribution in [0.1, 0.15) is 41.6 Å². The highest BCUT2D eigenvalue weighted by molar-refractivity contribution is 6.13. The van der Waals surface area contributed by atoms with Crippen molar-refractivity contribution in [2.75, 3.05) is 18.4 Å². The number of rotatable bonds is 6. The number of fused-ring (bicyclic) bond motifs is 3. The van der Waals surface area contributed by atoms with E-state index in [1.807, 2.05) is 30.3 Å². The zero-order chi connectivity index (χ0) is 24.6. The lowest BCUT2D eigenvalue weighted by molar-refractivity contribution is -0.117. The van der Waals surface area contributed by atoms with Gasteiger partial charge in [-0.1, -0.05) is 18.2 Å². The molecule has 3 heterocycles. The number of aromatic amines is 1. The van der Waals surface area contributed by atoms with Gasteiger partial charge in [-0.25, -0.2) is 9.37 Å². The van der Waals surface area contributed by atoms with E-state index < -0.39 is 0 Å². The molecule has 0 bridgehead atoms. The largest absolute Gasteiger partial charge is 0.351 e. The average molecular weight is 486 g/mol. The number of pyridine rings is 1. The number of halogens is 1. The standard InChI is InChI=1S/C28H28FN5O2/c29-20-3-1-2-17(14-20)16-34-12-9-21(10-13-34)31-28(36)19-6-7-22-23-8-11-30-26(25(23)32-24(22)15-19)33-27(35)18-4-5-18/h1-3,6-8,11,14-15,18,21,32H,4-5,9-10,12-13,16H2,(H,31,36)(H,30,33,35). The highest BCUT2D eigenvalue weighted by Crippen LogP contribution is 2.33. The predicted molar refractivity (Wildman–Crippen MR) is 137 cm³/mol. The van der Waals surface area contributed by atoms with Gasteiger partial charge < -0.3 is 15.6 Å². The normalized spacial score (nSPS) is 16.9. The second kappa shape index (κ2) is 9.35. The van der Waals surface area contributed by atoms with Crippen molar-refractivity contribution in [3.05, 3.63) is 71.7 Å². The topological polar surface area (TPSA) is 90.1 Å². The number of benzene rings is 2. The highest BCUT2D eigenvalue weighted by Gasteiger charge is 2.30. The van der Waals surface area contributed by atoms with Crippen LogP contribution in [0.2, 0.25) is 0 Å². The van der Waals surface area contributed by atoms with Crippen molar-refractivity contribution >= 4 is 39.4 Å². The minimum atomic E-state index is -0.211. The van der Waals surface area contributed by atoms with Gasteiger partial charge in [0.05, 0.1) is 5.52 Å². The number of hydrogen-bond acceptors (Lipinski definition) is 4. The summed E-state index contributed by atoms with van der Waals surface area (Å²) in [5.74, 6) is 0.318. The van der Waals surface area contributed by atoms with E-state index in [2.05, 4.69) is 25.5 Å². The Labute approximate surface area is 208 Å². The molecule has 8 heteroatoms. The number of amides is 2. The smallest absolute Gasteiger partial charge is 0.251 e. The molecule has 0 unspecified atom stereocenters. The lowest BCUT2D eigenvalue weighted by Crippen LogP contribution is -2.44. The number of hydrogen-bond donors (Lipinski definition) is 3. The minimum absolute atomic E-state index is 0.00991. The third-order valence-corrected chi connectivity index (χ3v) is 7.19. The summed E-state index contributed by atoms with van der Waals surface area (Å²) in [6.45, 7) is 2.42. The van der Waals surface area contributed by atoms with Crippen molar-refractivity contribution in [1.82, 2.24) is 20.2 Å². The quantitative estimate of drug-likeness (QED) is 0.372. The van der Waals surface area contributed by atoms with E-state index in [1.165, 1.54) is 6.07 Å². The molecule has 0 radical (unpaired) electrons. The van der Waals surface area contributed by atoms with Crippen LogP contribution in [0.5, 0.6) is 0 Å². The van der Waals surface area contributed by atoms with Crippen LogP contribution in [0.3, 0.4) is 0 Å². The minimum Gasteiger partial charge on any atom is -0.351 e. The van der Waals surface area contributed by atoms with Crippen molar-refractivity contribution in [3.8, 4) is 0 Å². The molecule has 7 nitrogen and oxygen atoms in total. The number of carbonyl (C=O) groups excluding carboxylic acids is 2. The molecule has 0 spiro atoms.